The molecule has 0 radical (unpaired) electrons. The zero-order valence-corrected chi connectivity index (χ0v) is 16.1. The molecular formula is C16H10Cl2F6N4O2. The predicted octanol–water partition coefficient (Wildman–Crippen LogP) is 5.35. The zero-order chi connectivity index (χ0) is 23.0. The minimum absolute atomic E-state index is 0.0143. The second-order valence-electron chi connectivity index (χ2n) is 5.71. The van der Waals surface area contributed by atoms with Gasteiger partial charge in [-0.05, 0) is 19.1 Å². The molecule has 0 fully saturated rings. The summed E-state index contributed by atoms with van der Waals surface area (Å²) in [6.07, 6.45) is -7.57. The fourth-order valence-corrected chi connectivity index (χ4v) is 2.60. The average Bonchev–Trinajstić information content (AvgIpc) is 2.94. The fraction of sp³-hybridized carbons (Fsp3) is 0.188. The Hall–Kier alpha value is -2.73. The third-order valence-electron chi connectivity index (χ3n) is 3.64. The molecule has 0 saturated heterocycles. The van der Waals surface area contributed by atoms with Crippen LogP contribution in [0.25, 0.3) is 5.65 Å². The van der Waals surface area contributed by atoms with E-state index in [1.165, 1.54) is 6.92 Å². The first-order valence-corrected chi connectivity index (χ1v) is 8.35. The molecule has 0 aromatic carbocycles. The topological polar surface area (TPSA) is 93.5 Å². The average molecular weight is 475 g/mol. The predicted molar refractivity (Wildman–Crippen MR) is 95.6 cm³/mol. The van der Waals surface area contributed by atoms with Crippen LogP contribution in [0.5, 0.6) is 0 Å². The van der Waals surface area contributed by atoms with Crippen LogP contribution in [-0.2, 0) is 12.4 Å². The number of carbonyl (C=O) groups is 1. The van der Waals surface area contributed by atoms with Gasteiger partial charge in [0.15, 0.2) is 11.3 Å². The SMILES string of the molecule is Cc1c(C(=O)O)nc2c(Cl)cc(C(F)(F)F)cn12.Nc1ncc(C(F)(F)F)cc1Cl. The van der Waals surface area contributed by atoms with Gasteiger partial charge < -0.3 is 15.2 Å². The van der Waals surface area contributed by atoms with Crippen LogP contribution in [0, 0.1) is 6.92 Å². The maximum atomic E-state index is 12.6. The van der Waals surface area contributed by atoms with E-state index in [1.807, 2.05) is 0 Å². The van der Waals surface area contributed by atoms with Crippen molar-refractivity contribution in [2.75, 3.05) is 5.73 Å². The molecule has 3 aromatic rings. The molecule has 0 aliphatic rings. The number of nitrogens with zero attached hydrogens (tertiary/aromatic N) is 3. The van der Waals surface area contributed by atoms with Crippen molar-refractivity contribution in [3.05, 3.63) is 57.1 Å². The van der Waals surface area contributed by atoms with Gasteiger partial charge in [0.1, 0.15) is 5.82 Å². The number of alkyl halides is 6. The molecule has 0 atom stereocenters. The Balaban J connectivity index is 0.000000232. The molecule has 3 aromatic heterocycles. The van der Waals surface area contributed by atoms with E-state index in [0.29, 0.717) is 6.20 Å². The van der Waals surface area contributed by atoms with Crippen LogP contribution >= 0.6 is 23.2 Å². The Kier molecular flexibility index (Phi) is 6.43. The molecule has 6 nitrogen and oxygen atoms in total. The molecule has 3 heterocycles. The van der Waals surface area contributed by atoms with Crippen molar-refractivity contribution in [3.8, 4) is 0 Å². The third-order valence-corrected chi connectivity index (χ3v) is 4.22. The number of imidazole rings is 1. The van der Waals surface area contributed by atoms with E-state index in [2.05, 4.69) is 9.97 Å². The molecule has 3 N–H and O–H groups in total. The molecule has 0 bridgehead atoms. The molecule has 162 valence electrons. The normalized spacial score (nSPS) is 11.9. The summed E-state index contributed by atoms with van der Waals surface area (Å²) < 4.78 is 74.7. The first-order valence-electron chi connectivity index (χ1n) is 7.59. The van der Waals surface area contributed by atoms with E-state index >= 15 is 0 Å². The smallest absolute Gasteiger partial charge is 0.417 e. The number of carboxylic acid groups (broad SMARTS) is 1. The summed E-state index contributed by atoms with van der Waals surface area (Å²) in [5, 5.41) is 8.41. The summed E-state index contributed by atoms with van der Waals surface area (Å²) in [4.78, 5) is 17.8. The van der Waals surface area contributed by atoms with Crippen molar-refractivity contribution in [1.29, 1.82) is 0 Å². The Morgan fingerprint density at radius 1 is 1.07 bits per heavy atom. The monoisotopic (exact) mass is 474 g/mol. The van der Waals surface area contributed by atoms with Crippen LogP contribution in [0.15, 0.2) is 24.5 Å². The van der Waals surface area contributed by atoms with Gasteiger partial charge in [-0.1, -0.05) is 23.2 Å². The molecular weight excluding hydrogens is 465 g/mol. The lowest BCUT2D eigenvalue weighted by Crippen LogP contribution is -2.07. The maximum Gasteiger partial charge on any atom is 0.417 e. The summed E-state index contributed by atoms with van der Waals surface area (Å²) in [5.74, 6) is -1.43. The van der Waals surface area contributed by atoms with Crippen molar-refractivity contribution in [2.45, 2.75) is 19.3 Å². The summed E-state index contributed by atoms with van der Waals surface area (Å²) in [7, 11) is 0. The summed E-state index contributed by atoms with van der Waals surface area (Å²) in [5.41, 5.74) is 3.01. The lowest BCUT2D eigenvalue weighted by Gasteiger charge is -2.08. The molecule has 0 spiro atoms. The van der Waals surface area contributed by atoms with E-state index in [-0.39, 0.29) is 32.9 Å². The van der Waals surface area contributed by atoms with Crippen molar-refractivity contribution < 1.29 is 36.2 Å². The van der Waals surface area contributed by atoms with Gasteiger partial charge in [0.2, 0.25) is 0 Å². The first-order chi connectivity index (χ1) is 13.6. The van der Waals surface area contributed by atoms with Gasteiger partial charge >= 0.3 is 18.3 Å². The molecule has 30 heavy (non-hydrogen) atoms. The number of aromatic carboxylic acids is 1. The molecule has 3 rings (SSSR count). The van der Waals surface area contributed by atoms with E-state index in [4.69, 9.17) is 34.0 Å². The van der Waals surface area contributed by atoms with Crippen LogP contribution in [0.1, 0.15) is 27.3 Å². The summed E-state index contributed by atoms with van der Waals surface area (Å²) >= 11 is 11.0. The van der Waals surface area contributed by atoms with Crippen molar-refractivity contribution in [1.82, 2.24) is 14.4 Å². The number of rotatable bonds is 1. The number of pyridine rings is 2. The fourth-order valence-electron chi connectivity index (χ4n) is 2.18. The van der Waals surface area contributed by atoms with Crippen LogP contribution in [0.4, 0.5) is 32.2 Å². The number of carboxylic acids is 1. The number of aromatic nitrogens is 3. The number of fused-ring (bicyclic) bond motifs is 1. The zero-order valence-electron chi connectivity index (χ0n) is 14.6. The second-order valence-corrected chi connectivity index (χ2v) is 6.52. The molecule has 0 aliphatic carbocycles. The van der Waals surface area contributed by atoms with Gasteiger partial charge in [-0.2, -0.15) is 26.3 Å². The van der Waals surface area contributed by atoms with Gasteiger partial charge in [-0.15, -0.1) is 0 Å². The van der Waals surface area contributed by atoms with Crippen LogP contribution in [0.2, 0.25) is 10.0 Å². The van der Waals surface area contributed by atoms with Gasteiger partial charge in [0.25, 0.3) is 0 Å². The molecule has 0 aliphatic heterocycles. The lowest BCUT2D eigenvalue weighted by atomic mass is 10.2. The van der Waals surface area contributed by atoms with Crippen LogP contribution in [-0.4, -0.2) is 25.4 Å². The first kappa shape index (κ1) is 23.5. The largest absolute Gasteiger partial charge is 0.476 e. The Morgan fingerprint density at radius 3 is 2.07 bits per heavy atom. The van der Waals surface area contributed by atoms with Gasteiger partial charge in [0, 0.05) is 12.4 Å². The highest BCUT2D eigenvalue weighted by atomic mass is 35.5. The molecule has 0 amide bonds. The highest BCUT2D eigenvalue weighted by Crippen LogP contribution is 2.33. The highest BCUT2D eigenvalue weighted by Gasteiger charge is 2.33. The van der Waals surface area contributed by atoms with E-state index in [0.717, 1.165) is 22.7 Å². The van der Waals surface area contributed by atoms with Crippen molar-refractivity contribution >= 4 is 40.6 Å². The van der Waals surface area contributed by atoms with Gasteiger partial charge in [-0.25, -0.2) is 14.8 Å². The van der Waals surface area contributed by atoms with E-state index < -0.39 is 29.4 Å². The van der Waals surface area contributed by atoms with Gasteiger partial charge in [0.05, 0.1) is 26.9 Å². The number of nitrogens with two attached hydrogens (primary N) is 1. The molecule has 14 heteroatoms. The van der Waals surface area contributed by atoms with Crippen LogP contribution in [0.3, 0.4) is 0 Å². The Morgan fingerprint density at radius 2 is 1.60 bits per heavy atom. The van der Waals surface area contributed by atoms with E-state index in [1.54, 1.807) is 0 Å². The molecule has 0 saturated carbocycles. The second kappa shape index (κ2) is 8.19. The Bertz CT molecular complexity index is 1110. The Labute approximate surface area is 173 Å². The van der Waals surface area contributed by atoms with Crippen LogP contribution < -0.4 is 5.73 Å². The standard InChI is InChI=1S/C10H6ClF3N2O2.C6H4ClF3N2/c1-4-7(9(17)18)15-8-6(11)2-5(3-16(4)8)10(12,13)14;7-4-1-3(6(8,9)10)2-12-5(4)11/h2-3H,1H3,(H,17,18);1-2H,(H2,11,12). The molecule has 0 unspecified atom stereocenters. The number of anilines is 1. The number of halogens is 8. The number of aryl methyl sites for hydroxylation is 1. The van der Waals surface area contributed by atoms with Crippen molar-refractivity contribution in [3.63, 3.8) is 0 Å². The quantitative estimate of drug-likeness (QED) is 0.463. The minimum Gasteiger partial charge on any atom is -0.476 e. The number of hydrogen-bond donors (Lipinski definition) is 2. The summed E-state index contributed by atoms with van der Waals surface area (Å²) in [6, 6.07) is 1.46. The van der Waals surface area contributed by atoms with Crippen molar-refractivity contribution in [2.24, 2.45) is 0 Å². The maximum absolute atomic E-state index is 12.6. The number of hydrogen-bond acceptors (Lipinski definition) is 4. The third kappa shape index (κ3) is 5.05. The van der Waals surface area contributed by atoms with Gasteiger partial charge in [-0.3, -0.25) is 0 Å². The lowest BCUT2D eigenvalue weighted by molar-refractivity contribution is -0.138. The minimum atomic E-state index is -4.56. The highest BCUT2D eigenvalue weighted by molar-refractivity contribution is 6.33. The summed E-state index contributed by atoms with van der Waals surface area (Å²) in [6.45, 7) is 1.36. The van der Waals surface area contributed by atoms with E-state index in [9.17, 15) is 31.1 Å². The number of nitrogen functional groups attached to an aromatic ring is 1.